The SMILES string of the molecule is O=C1NC(=O)[C@@]2(Cc3cc([N+](=O)[O-])c(N4CCOCC4)cc3N3CCOC[C@@H]32)C(=O)N1c1ccccc1. The average Bonchev–Trinajstić information content (AvgIpc) is 2.92. The van der Waals surface area contributed by atoms with Crippen molar-refractivity contribution < 1.29 is 28.8 Å². The molecule has 0 aliphatic carbocycles. The van der Waals surface area contributed by atoms with Crippen LogP contribution < -0.4 is 20.0 Å². The highest BCUT2D eigenvalue weighted by Gasteiger charge is 2.63. The minimum atomic E-state index is -1.70. The molecule has 12 nitrogen and oxygen atoms in total. The average molecular weight is 508 g/mol. The Balaban J connectivity index is 1.50. The fraction of sp³-hybridized carbons (Fsp3) is 0.400. The van der Waals surface area contributed by atoms with Crippen molar-refractivity contribution in [3.05, 3.63) is 58.1 Å². The van der Waals surface area contributed by atoms with Crippen LogP contribution in [0.4, 0.5) is 27.5 Å². The number of carbonyl (C=O) groups excluding carboxylic acids is 3. The number of nitro groups is 1. The minimum absolute atomic E-state index is 0.0952. The maximum Gasteiger partial charge on any atom is 0.335 e. The zero-order valence-corrected chi connectivity index (χ0v) is 19.9. The van der Waals surface area contributed by atoms with Gasteiger partial charge in [0.1, 0.15) is 5.69 Å². The number of urea groups is 1. The Hall–Kier alpha value is -4.03. The third-order valence-corrected chi connectivity index (χ3v) is 7.63. The Labute approximate surface area is 211 Å². The van der Waals surface area contributed by atoms with Gasteiger partial charge in [0.05, 0.1) is 43.1 Å². The summed E-state index contributed by atoms with van der Waals surface area (Å²) >= 11 is 0. The first kappa shape index (κ1) is 23.4. The molecule has 0 unspecified atom stereocenters. The van der Waals surface area contributed by atoms with Crippen molar-refractivity contribution in [2.24, 2.45) is 5.41 Å². The lowest BCUT2D eigenvalue weighted by atomic mass is 9.68. The number of hydrogen-bond donors (Lipinski definition) is 1. The van der Waals surface area contributed by atoms with Crippen LogP contribution in [0, 0.1) is 15.5 Å². The predicted octanol–water partition coefficient (Wildman–Crippen LogP) is 1.46. The monoisotopic (exact) mass is 507 g/mol. The summed E-state index contributed by atoms with van der Waals surface area (Å²) in [6.07, 6.45) is -0.0988. The van der Waals surface area contributed by atoms with Gasteiger partial charge in [-0.1, -0.05) is 18.2 Å². The van der Waals surface area contributed by atoms with Crippen molar-refractivity contribution in [3.8, 4) is 0 Å². The van der Waals surface area contributed by atoms with Gasteiger partial charge in [-0.15, -0.1) is 0 Å². The fourth-order valence-corrected chi connectivity index (χ4v) is 5.86. The number of rotatable bonds is 3. The molecule has 0 saturated carbocycles. The highest BCUT2D eigenvalue weighted by atomic mass is 16.6. The number of morpholine rings is 2. The van der Waals surface area contributed by atoms with E-state index in [0.717, 1.165) is 10.6 Å². The molecule has 4 aliphatic rings. The van der Waals surface area contributed by atoms with E-state index in [1.54, 1.807) is 36.4 Å². The van der Waals surface area contributed by atoms with Gasteiger partial charge in [-0.3, -0.25) is 25.0 Å². The summed E-state index contributed by atoms with van der Waals surface area (Å²) in [5, 5.41) is 14.5. The van der Waals surface area contributed by atoms with Gasteiger partial charge < -0.3 is 19.3 Å². The molecule has 1 N–H and O–H groups in total. The summed E-state index contributed by atoms with van der Waals surface area (Å²) in [6, 6.07) is 10.1. The van der Waals surface area contributed by atoms with Gasteiger partial charge in [0.15, 0.2) is 5.41 Å². The number of anilines is 3. The molecule has 2 aromatic rings. The number of amides is 4. The summed E-state index contributed by atoms with van der Waals surface area (Å²) in [5.41, 5.74) is 0.254. The quantitative estimate of drug-likeness (QED) is 0.372. The molecule has 2 atom stereocenters. The van der Waals surface area contributed by atoms with E-state index in [-0.39, 0.29) is 18.7 Å². The number of para-hydroxylation sites is 1. The molecule has 37 heavy (non-hydrogen) atoms. The number of fused-ring (bicyclic) bond motifs is 4. The van der Waals surface area contributed by atoms with Crippen LogP contribution in [0.2, 0.25) is 0 Å². The first-order valence-corrected chi connectivity index (χ1v) is 12.2. The maximum atomic E-state index is 14.1. The van der Waals surface area contributed by atoms with E-state index in [1.807, 2.05) is 9.80 Å². The summed E-state index contributed by atoms with van der Waals surface area (Å²) in [5.74, 6) is -1.39. The number of nitrogens with zero attached hydrogens (tertiary/aromatic N) is 4. The van der Waals surface area contributed by atoms with Crippen molar-refractivity contribution >= 4 is 40.6 Å². The van der Waals surface area contributed by atoms with Crippen LogP contribution in [0.5, 0.6) is 0 Å². The predicted molar refractivity (Wildman–Crippen MR) is 132 cm³/mol. The number of benzene rings is 2. The smallest absolute Gasteiger partial charge is 0.335 e. The molecule has 6 rings (SSSR count). The first-order chi connectivity index (χ1) is 17.9. The Bertz CT molecular complexity index is 1300. The Morgan fingerprint density at radius 3 is 2.43 bits per heavy atom. The molecule has 1 spiro atoms. The molecule has 12 heteroatoms. The fourth-order valence-electron chi connectivity index (χ4n) is 5.86. The van der Waals surface area contributed by atoms with Gasteiger partial charge in [-0.2, -0.15) is 0 Å². The van der Waals surface area contributed by atoms with Crippen LogP contribution in [-0.4, -0.2) is 74.9 Å². The molecular formula is C25H25N5O7. The number of carbonyl (C=O) groups is 3. The van der Waals surface area contributed by atoms with E-state index in [0.29, 0.717) is 56.4 Å². The lowest BCUT2D eigenvalue weighted by molar-refractivity contribution is -0.384. The lowest BCUT2D eigenvalue weighted by Crippen LogP contribution is -2.74. The van der Waals surface area contributed by atoms with E-state index in [2.05, 4.69) is 5.32 Å². The van der Waals surface area contributed by atoms with Crippen molar-refractivity contribution in [3.63, 3.8) is 0 Å². The molecule has 0 bridgehead atoms. The Kier molecular flexibility index (Phi) is 5.57. The Morgan fingerprint density at radius 2 is 1.70 bits per heavy atom. The standard InChI is InChI=1S/C25H25N5O7/c31-22-25(23(32)29(24(33)26-22)17-4-2-1-3-5-17)14-16-12-20(30(34)35)19(27-6-9-36-10-7-27)13-18(16)28-8-11-37-15-21(25)28/h1-5,12-13,21H,6-11,14-15H2,(H,26,31,33)/t21-,25+/m1/s1. The van der Waals surface area contributed by atoms with Gasteiger partial charge in [-0.25, -0.2) is 9.69 Å². The van der Waals surface area contributed by atoms with Crippen LogP contribution in [0.1, 0.15) is 5.56 Å². The van der Waals surface area contributed by atoms with Crippen LogP contribution in [0.25, 0.3) is 0 Å². The number of ether oxygens (including phenoxy) is 2. The van der Waals surface area contributed by atoms with Crippen LogP contribution in [0.3, 0.4) is 0 Å². The van der Waals surface area contributed by atoms with Crippen LogP contribution in [0.15, 0.2) is 42.5 Å². The molecule has 0 aromatic heterocycles. The van der Waals surface area contributed by atoms with Gasteiger partial charge >= 0.3 is 6.03 Å². The van der Waals surface area contributed by atoms with Crippen molar-refractivity contribution in [2.75, 3.05) is 60.8 Å². The molecule has 4 amide bonds. The van der Waals surface area contributed by atoms with Crippen molar-refractivity contribution in [2.45, 2.75) is 12.5 Å². The molecule has 192 valence electrons. The highest BCUT2D eigenvalue weighted by molar-refractivity contribution is 6.30. The molecular weight excluding hydrogens is 482 g/mol. The topological polar surface area (TPSA) is 135 Å². The van der Waals surface area contributed by atoms with Gasteiger partial charge in [0.2, 0.25) is 5.91 Å². The van der Waals surface area contributed by atoms with E-state index < -0.39 is 34.2 Å². The number of imide groups is 2. The normalized spacial score (nSPS) is 25.6. The van der Waals surface area contributed by atoms with E-state index in [1.165, 1.54) is 6.07 Å². The first-order valence-electron chi connectivity index (χ1n) is 12.2. The van der Waals surface area contributed by atoms with E-state index in [9.17, 15) is 24.5 Å². The van der Waals surface area contributed by atoms with E-state index in [4.69, 9.17) is 9.47 Å². The number of hydrogen-bond acceptors (Lipinski definition) is 9. The summed E-state index contributed by atoms with van der Waals surface area (Å²) in [4.78, 5) is 57.0. The summed E-state index contributed by atoms with van der Waals surface area (Å²) < 4.78 is 11.2. The summed E-state index contributed by atoms with van der Waals surface area (Å²) in [6.45, 7) is 2.83. The molecule has 3 saturated heterocycles. The minimum Gasteiger partial charge on any atom is -0.378 e. The number of barbiturate groups is 1. The number of nitrogens with one attached hydrogen (secondary N) is 1. The number of nitro benzene ring substituents is 1. The molecule has 2 aromatic carbocycles. The second kappa shape index (κ2) is 8.82. The maximum absolute atomic E-state index is 14.1. The van der Waals surface area contributed by atoms with Crippen LogP contribution >= 0.6 is 0 Å². The largest absolute Gasteiger partial charge is 0.378 e. The Morgan fingerprint density at radius 1 is 0.973 bits per heavy atom. The molecule has 4 heterocycles. The van der Waals surface area contributed by atoms with Gasteiger partial charge in [0.25, 0.3) is 11.6 Å². The third-order valence-electron chi connectivity index (χ3n) is 7.63. The van der Waals surface area contributed by atoms with Crippen molar-refractivity contribution in [1.29, 1.82) is 0 Å². The van der Waals surface area contributed by atoms with Crippen LogP contribution in [-0.2, 0) is 25.5 Å². The van der Waals surface area contributed by atoms with E-state index >= 15 is 0 Å². The molecule has 3 fully saturated rings. The molecule has 0 radical (unpaired) electrons. The third kappa shape index (κ3) is 3.55. The van der Waals surface area contributed by atoms with Gasteiger partial charge in [-0.05, 0) is 23.8 Å². The second-order valence-corrected chi connectivity index (χ2v) is 9.49. The summed E-state index contributed by atoms with van der Waals surface area (Å²) in [7, 11) is 0. The van der Waals surface area contributed by atoms with Gasteiger partial charge in [0, 0.05) is 37.8 Å². The lowest BCUT2D eigenvalue weighted by Gasteiger charge is -2.53. The van der Waals surface area contributed by atoms with Crippen molar-refractivity contribution in [1.82, 2.24) is 5.32 Å². The zero-order chi connectivity index (χ0) is 25.7. The second-order valence-electron chi connectivity index (χ2n) is 9.49. The molecule has 4 aliphatic heterocycles. The highest BCUT2D eigenvalue weighted by Crippen LogP contribution is 2.49. The zero-order valence-electron chi connectivity index (χ0n) is 19.9.